The van der Waals surface area contributed by atoms with E-state index < -0.39 is 82.3 Å². The summed E-state index contributed by atoms with van der Waals surface area (Å²) in [6.45, 7) is 7.92. The van der Waals surface area contributed by atoms with Gasteiger partial charge in [-0.05, 0) is 44.1 Å². The van der Waals surface area contributed by atoms with Gasteiger partial charge in [0, 0.05) is 23.8 Å². The van der Waals surface area contributed by atoms with Crippen molar-refractivity contribution in [1.82, 2.24) is 0 Å². The van der Waals surface area contributed by atoms with Crippen LogP contribution in [0.4, 0.5) is 0 Å². The third kappa shape index (κ3) is 4.02. The first-order chi connectivity index (χ1) is 18.6. The van der Waals surface area contributed by atoms with Crippen LogP contribution in [-0.2, 0) is 42.9 Å². The number of methoxy groups -OCH3 is 1. The molecular formula is C28H36O12. The van der Waals surface area contributed by atoms with Crippen molar-refractivity contribution in [2.24, 2.45) is 28.6 Å². The number of rotatable bonds is 6. The summed E-state index contributed by atoms with van der Waals surface area (Å²) in [7, 11) is 0.976. The molecule has 1 heterocycles. The molecule has 3 fully saturated rings. The number of carbonyl (C=O) groups excluding carboxylic acids is 5. The Morgan fingerprint density at radius 1 is 1.15 bits per heavy atom. The first-order valence-corrected chi connectivity index (χ1v) is 13.1. The quantitative estimate of drug-likeness (QED) is 0.172. The van der Waals surface area contributed by atoms with Gasteiger partial charge in [0.25, 0.3) is 0 Å². The summed E-state index contributed by atoms with van der Waals surface area (Å²) in [5.74, 6) is -6.88. The molecule has 10 atom stereocenters. The fraction of sp³-hybridized carbons (Fsp3) is 0.679. The van der Waals surface area contributed by atoms with Crippen molar-refractivity contribution in [3.05, 3.63) is 23.0 Å². The van der Waals surface area contributed by atoms with Crippen LogP contribution in [0.1, 0.15) is 47.5 Å². The van der Waals surface area contributed by atoms with E-state index in [9.17, 15) is 39.3 Å². The number of esters is 3. The number of fused-ring (bicyclic) bond motifs is 2. The van der Waals surface area contributed by atoms with Crippen LogP contribution in [0.25, 0.3) is 0 Å². The lowest BCUT2D eigenvalue weighted by molar-refractivity contribution is -0.329. The predicted octanol–water partition coefficient (Wildman–Crippen LogP) is 0.157. The normalized spacial score (nSPS) is 42.1. The zero-order valence-corrected chi connectivity index (χ0v) is 23.3. The molecule has 4 rings (SSSR count). The molecule has 2 saturated carbocycles. The number of ether oxygens (including phenoxy) is 4. The summed E-state index contributed by atoms with van der Waals surface area (Å²) in [4.78, 5) is 63.5. The summed E-state index contributed by atoms with van der Waals surface area (Å²) in [6, 6.07) is 0. The number of hydrogen-bond donors (Lipinski definition) is 3. The van der Waals surface area contributed by atoms with Crippen molar-refractivity contribution in [2.75, 3.05) is 13.7 Å². The SMILES string of the molecule is COC(=O)[C@@]1(O)[C@@H](O)[C@H](O)C2[C@@]3(C)[C@@H](C[C@H]4C(C)=C(OCC=O)C(=O)C[C@]24C)OC(=O)[C@H](OC(=O)C=C(C)C)[C@@H]13. The smallest absolute Gasteiger partial charge is 0.348 e. The molecule has 1 aliphatic heterocycles. The standard InChI is InChI=1S/C28H36O12/c1-12(2)9-17(31)40-20-22-27(5)16(39-24(20)34)10-14-13(3)19(38-8-7-29)15(30)11-26(14,4)21(27)18(32)23(33)28(22,36)25(35)37-6/h7,9,14,16,18,20-23,32-33,36H,8,10-11H2,1-6H3/t14-,16+,18+,20+,21?,22+,23-,26-,27+,28-/m0/s1. The van der Waals surface area contributed by atoms with Crippen LogP contribution >= 0.6 is 0 Å². The third-order valence-electron chi connectivity index (χ3n) is 9.51. The van der Waals surface area contributed by atoms with Crippen LogP contribution in [0.5, 0.6) is 0 Å². The molecule has 1 saturated heterocycles. The average molecular weight is 565 g/mol. The number of aliphatic hydroxyl groups is 3. The van der Waals surface area contributed by atoms with Gasteiger partial charge in [-0.15, -0.1) is 0 Å². The lowest BCUT2D eigenvalue weighted by atomic mass is 9.37. The number of allylic oxidation sites excluding steroid dienone is 3. The lowest BCUT2D eigenvalue weighted by Crippen LogP contribution is -2.81. The van der Waals surface area contributed by atoms with Gasteiger partial charge in [0.1, 0.15) is 18.8 Å². The minimum atomic E-state index is -2.88. The van der Waals surface area contributed by atoms with Gasteiger partial charge in [-0.3, -0.25) is 9.59 Å². The molecule has 0 aromatic heterocycles. The summed E-state index contributed by atoms with van der Waals surface area (Å²) >= 11 is 0. The van der Waals surface area contributed by atoms with E-state index >= 15 is 0 Å². The van der Waals surface area contributed by atoms with Crippen LogP contribution in [-0.4, -0.2) is 89.0 Å². The molecule has 0 aromatic rings. The van der Waals surface area contributed by atoms with Gasteiger partial charge < -0.3 is 34.3 Å². The molecule has 12 heteroatoms. The van der Waals surface area contributed by atoms with Crippen LogP contribution in [0, 0.1) is 28.6 Å². The highest BCUT2D eigenvalue weighted by atomic mass is 16.6. The van der Waals surface area contributed by atoms with Crippen molar-refractivity contribution in [3.63, 3.8) is 0 Å². The first-order valence-electron chi connectivity index (χ1n) is 13.1. The number of aldehydes is 1. The fourth-order valence-corrected chi connectivity index (χ4v) is 8.14. The molecule has 3 aliphatic carbocycles. The second-order valence-corrected chi connectivity index (χ2v) is 12.0. The Kier molecular flexibility index (Phi) is 7.53. The molecule has 220 valence electrons. The molecule has 4 aliphatic rings. The van der Waals surface area contributed by atoms with Gasteiger partial charge >= 0.3 is 17.9 Å². The highest BCUT2D eigenvalue weighted by Gasteiger charge is 2.79. The molecule has 0 aromatic carbocycles. The van der Waals surface area contributed by atoms with E-state index in [4.69, 9.17) is 18.9 Å². The molecule has 0 bridgehead atoms. The van der Waals surface area contributed by atoms with Crippen molar-refractivity contribution >= 4 is 30.0 Å². The zero-order valence-electron chi connectivity index (χ0n) is 23.3. The molecular weight excluding hydrogens is 528 g/mol. The molecule has 40 heavy (non-hydrogen) atoms. The van der Waals surface area contributed by atoms with E-state index in [0.717, 1.165) is 13.2 Å². The number of ketones is 1. The van der Waals surface area contributed by atoms with Gasteiger partial charge in [-0.25, -0.2) is 14.4 Å². The number of hydrogen-bond acceptors (Lipinski definition) is 12. The maximum Gasteiger partial charge on any atom is 0.348 e. The minimum absolute atomic E-state index is 0.0160. The monoisotopic (exact) mass is 564 g/mol. The fourth-order valence-electron chi connectivity index (χ4n) is 8.14. The summed E-state index contributed by atoms with van der Waals surface area (Å²) < 4.78 is 21.6. The Balaban J connectivity index is 1.94. The summed E-state index contributed by atoms with van der Waals surface area (Å²) in [5, 5.41) is 34.9. The third-order valence-corrected chi connectivity index (χ3v) is 9.51. The Labute approximate surface area is 231 Å². The van der Waals surface area contributed by atoms with E-state index in [1.54, 1.807) is 34.6 Å². The van der Waals surface area contributed by atoms with E-state index in [0.29, 0.717) is 17.4 Å². The van der Waals surface area contributed by atoms with Crippen LogP contribution < -0.4 is 0 Å². The maximum absolute atomic E-state index is 13.4. The molecule has 12 nitrogen and oxygen atoms in total. The van der Waals surface area contributed by atoms with Crippen molar-refractivity contribution in [1.29, 1.82) is 0 Å². The Morgan fingerprint density at radius 3 is 2.38 bits per heavy atom. The summed E-state index contributed by atoms with van der Waals surface area (Å²) in [6.07, 6.45) is -5.28. The van der Waals surface area contributed by atoms with Crippen molar-refractivity contribution in [2.45, 2.75) is 77.5 Å². The zero-order chi connectivity index (χ0) is 29.9. The van der Waals surface area contributed by atoms with Gasteiger partial charge in [0.2, 0.25) is 6.10 Å². The lowest BCUT2D eigenvalue weighted by Gasteiger charge is -2.69. The first kappa shape index (κ1) is 29.9. The number of carbonyl (C=O) groups is 5. The Morgan fingerprint density at radius 2 is 1.80 bits per heavy atom. The second kappa shape index (κ2) is 10.1. The van der Waals surface area contributed by atoms with Gasteiger partial charge in [0.05, 0.1) is 19.1 Å². The van der Waals surface area contributed by atoms with E-state index in [-0.39, 0.29) is 25.2 Å². The Hall–Kier alpha value is -3.09. The van der Waals surface area contributed by atoms with Crippen LogP contribution in [0.3, 0.4) is 0 Å². The molecule has 0 spiro atoms. The molecule has 1 unspecified atom stereocenters. The van der Waals surface area contributed by atoms with Crippen LogP contribution in [0.15, 0.2) is 23.0 Å². The Bertz CT molecular complexity index is 1200. The minimum Gasteiger partial charge on any atom is -0.482 e. The largest absolute Gasteiger partial charge is 0.482 e. The molecule has 0 amide bonds. The predicted molar refractivity (Wildman–Crippen MR) is 134 cm³/mol. The maximum atomic E-state index is 13.4. The molecule has 0 radical (unpaired) electrons. The number of aliphatic hydroxyl groups excluding tert-OH is 2. The highest BCUT2D eigenvalue weighted by molar-refractivity contribution is 5.96. The van der Waals surface area contributed by atoms with Gasteiger partial charge in [0.15, 0.2) is 23.4 Å². The average Bonchev–Trinajstić information content (AvgIpc) is 2.86. The van der Waals surface area contributed by atoms with E-state index in [2.05, 4.69) is 0 Å². The molecule has 3 N–H and O–H groups in total. The second-order valence-electron chi connectivity index (χ2n) is 12.0. The van der Waals surface area contributed by atoms with E-state index in [1.807, 2.05) is 0 Å². The van der Waals surface area contributed by atoms with Crippen molar-refractivity contribution < 1.29 is 58.2 Å². The van der Waals surface area contributed by atoms with Gasteiger partial charge in [-0.2, -0.15) is 0 Å². The number of Topliss-reactive ketones (excluding diaryl/α,β-unsaturated/α-hetero) is 1. The van der Waals surface area contributed by atoms with Crippen LogP contribution in [0.2, 0.25) is 0 Å². The van der Waals surface area contributed by atoms with E-state index in [1.165, 1.54) is 0 Å². The topological polar surface area (TPSA) is 183 Å². The highest BCUT2D eigenvalue weighted by Crippen LogP contribution is 2.69. The summed E-state index contributed by atoms with van der Waals surface area (Å²) in [5.41, 5.74) is -4.41. The van der Waals surface area contributed by atoms with Gasteiger partial charge in [-0.1, -0.05) is 19.4 Å². The van der Waals surface area contributed by atoms with Crippen molar-refractivity contribution in [3.8, 4) is 0 Å².